The number of hydrogen-bond donors (Lipinski definition) is 3. The summed E-state index contributed by atoms with van der Waals surface area (Å²) >= 11 is 0. The number of benzene rings is 3. The van der Waals surface area contributed by atoms with E-state index in [1.807, 2.05) is 74.1 Å². The molecule has 1 amide bonds. The van der Waals surface area contributed by atoms with Crippen molar-refractivity contribution in [1.82, 2.24) is 9.89 Å². The Balaban J connectivity index is 2.00. The molecule has 0 saturated heterocycles. The van der Waals surface area contributed by atoms with Crippen LogP contribution in [0.2, 0.25) is 0 Å². The van der Waals surface area contributed by atoms with Gasteiger partial charge in [0.25, 0.3) is 5.91 Å². The molecule has 9 nitrogen and oxygen atoms in total. The molecule has 0 spiro atoms. The molecule has 1 heterocycles. The van der Waals surface area contributed by atoms with Crippen LogP contribution in [0.15, 0.2) is 59.0 Å². The lowest BCUT2D eigenvalue weighted by atomic mass is 9.89. The maximum atomic E-state index is 12.9. The molecular weight excluding hydrogens is 472 g/mol. The van der Waals surface area contributed by atoms with Gasteiger partial charge in [0.15, 0.2) is 0 Å². The fourth-order valence-electron chi connectivity index (χ4n) is 4.25. The molecule has 37 heavy (non-hydrogen) atoms. The van der Waals surface area contributed by atoms with Gasteiger partial charge in [0, 0.05) is 60.5 Å². The highest BCUT2D eigenvalue weighted by Gasteiger charge is 2.23. The Bertz CT molecular complexity index is 1520. The standard InChI is InChI=1S/C28H30N4O5/c1-31(2)18-7-10-21-24(15-18)37-25-16-19(32(3)4)8-11-22(25)26(21)23-14-17(6-9-20(23)28(34)35)27(33)30-12-5-13-36-29/h6-11,14-16H,5,12-13,29H2,1-4H3,(H-,30,33,34,35)/p+1. The van der Waals surface area contributed by atoms with Gasteiger partial charge in [-0.05, 0) is 48.4 Å². The number of fused-ring (bicyclic) bond motifs is 2. The van der Waals surface area contributed by atoms with Gasteiger partial charge >= 0.3 is 5.97 Å². The number of carbonyl (C=O) groups excluding carboxylic acids is 1. The largest absolute Gasteiger partial charge is 0.478 e. The Kier molecular flexibility index (Phi) is 7.56. The number of nitrogens with two attached hydrogens (primary N) is 1. The minimum atomic E-state index is -1.08. The molecule has 2 aliphatic rings. The van der Waals surface area contributed by atoms with Crippen LogP contribution in [-0.4, -0.2) is 58.3 Å². The lowest BCUT2D eigenvalue weighted by Crippen LogP contribution is -2.25. The molecule has 192 valence electrons. The van der Waals surface area contributed by atoms with Gasteiger partial charge < -0.3 is 24.6 Å². The summed E-state index contributed by atoms with van der Waals surface area (Å²) in [4.78, 5) is 31.7. The first-order valence-corrected chi connectivity index (χ1v) is 11.9. The highest BCUT2D eigenvalue weighted by Crippen LogP contribution is 2.42. The fraction of sp³-hybridized carbons (Fsp3) is 0.250. The van der Waals surface area contributed by atoms with Gasteiger partial charge in [-0.2, -0.15) is 0 Å². The number of hydrogen-bond acceptors (Lipinski definition) is 6. The van der Waals surface area contributed by atoms with E-state index >= 15 is 0 Å². The third-order valence-electron chi connectivity index (χ3n) is 6.23. The Labute approximate surface area is 214 Å². The Morgan fingerprint density at radius 2 is 1.84 bits per heavy atom. The SMILES string of the molecule is CN(C)c1ccc2c(-c3cc(C(=O)NCCCON)ccc3C(=O)O)c3ccc(=[N+](C)C)cc-3oc2c1. The van der Waals surface area contributed by atoms with Crippen LogP contribution in [0.4, 0.5) is 5.69 Å². The van der Waals surface area contributed by atoms with Crippen LogP contribution in [0.1, 0.15) is 27.1 Å². The monoisotopic (exact) mass is 503 g/mol. The van der Waals surface area contributed by atoms with Crippen molar-refractivity contribution in [2.24, 2.45) is 5.90 Å². The van der Waals surface area contributed by atoms with Crippen molar-refractivity contribution < 1.29 is 24.0 Å². The van der Waals surface area contributed by atoms with Crippen molar-refractivity contribution >= 4 is 28.5 Å². The molecule has 0 unspecified atom stereocenters. The summed E-state index contributed by atoms with van der Waals surface area (Å²) in [6.07, 6.45) is 0.556. The first-order chi connectivity index (χ1) is 17.7. The van der Waals surface area contributed by atoms with Gasteiger partial charge in [-0.3, -0.25) is 4.79 Å². The van der Waals surface area contributed by atoms with Crippen LogP contribution in [0, 0.1) is 0 Å². The number of nitrogens with one attached hydrogen (secondary N) is 1. The van der Waals surface area contributed by atoms with Gasteiger partial charge in [-0.15, -0.1) is 0 Å². The van der Waals surface area contributed by atoms with E-state index in [4.69, 9.17) is 10.3 Å². The number of carbonyl (C=O) groups is 2. The number of amides is 1. The topological polar surface area (TPSA) is 121 Å². The normalized spacial score (nSPS) is 11.1. The first-order valence-electron chi connectivity index (χ1n) is 11.9. The second-order valence-electron chi connectivity index (χ2n) is 9.17. The smallest absolute Gasteiger partial charge is 0.336 e. The van der Waals surface area contributed by atoms with Gasteiger partial charge in [-0.25, -0.2) is 15.3 Å². The van der Waals surface area contributed by atoms with Gasteiger partial charge in [0.2, 0.25) is 5.36 Å². The molecular formula is C28H31N4O5+. The fourth-order valence-corrected chi connectivity index (χ4v) is 4.25. The highest BCUT2D eigenvalue weighted by molar-refractivity contribution is 6.09. The predicted octanol–water partition coefficient (Wildman–Crippen LogP) is 3.01. The molecule has 4 rings (SSSR count). The predicted molar refractivity (Wildman–Crippen MR) is 144 cm³/mol. The van der Waals surface area contributed by atoms with Crippen LogP contribution in [-0.2, 0) is 4.84 Å². The van der Waals surface area contributed by atoms with Gasteiger partial charge in [0.1, 0.15) is 25.4 Å². The average molecular weight is 504 g/mol. The molecule has 2 aromatic carbocycles. The van der Waals surface area contributed by atoms with E-state index in [2.05, 4.69) is 10.2 Å². The number of nitrogens with zero attached hydrogens (tertiary/aromatic N) is 2. The van der Waals surface area contributed by atoms with Crippen molar-refractivity contribution in [2.45, 2.75) is 6.42 Å². The molecule has 0 aromatic heterocycles. The number of carboxylic acids is 1. The van der Waals surface area contributed by atoms with E-state index in [9.17, 15) is 14.7 Å². The molecule has 4 N–H and O–H groups in total. The van der Waals surface area contributed by atoms with Crippen LogP contribution in [0.3, 0.4) is 0 Å². The first kappa shape index (κ1) is 25.9. The van der Waals surface area contributed by atoms with Crippen molar-refractivity contribution in [3.8, 4) is 22.5 Å². The van der Waals surface area contributed by atoms with Crippen LogP contribution < -0.4 is 26.0 Å². The van der Waals surface area contributed by atoms with Crippen molar-refractivity contribution in [1.29, 1.82) is 0 Å². The summed E-state index contributed by atoms with van der Waals surface area (Å²) < 4.78 is 8.31. The minimum Gasteiger partial charge on any atom is -0.478 e. The van der Waals surface area contributed by atoms with E-state index in [0.29, 0.717) is 47.6 Å². The molecule has 0 bridgehead atoms. The zero-order chi connectivity index (χ0) is 26.7. The molecule has 0 radical (unpaired) electrons. The van der Waals surface area contributed by atoms with Crippen LogP contribution >= 0.6 is 0 Å². The van der Waals surface area contributed by atoms with E-state index in [1.165, 1.54) is 12.1 Å². The highest BCUT2D eigenvalue weighted by atomic mass is 16.6. The number of anilines is 1. The summed E-state index contributed by atoms with van der Waals surface area (Å²) in [5.41, 5.74) is 3.87. The number of rotatable bonds is 8. The lowest BCUT2D eigenvalue weighted by Gasteiger charge is -2.19. The third kappa shape index (κ3) is 5.32. The Morgan fingerprint density at radius 1 is 1.05 bits per heavy atom. The quantitative estimate of drug-likeness (QED) is 0.146. The second kappa shape index (κ2) is 10.8. The summed E-state index contributed by atoms with van der Waals surface area (Å²) in [6, 6.07) is 16.2. The van der Waals surface area contributed by atoms with E-state index in [-0.39, 0.29) is 11.5 Å². The van der Waals surface area contributed by atoms with Crippen LogP contribution in [0.25, 0.3) is 33.4 Å². The van der Waals surface area contributed by atoms with E-state index < -0.39 is 5.97 Å². The molecule has 1 aliphatic heterocycles. The summed E-state index contributed by atoms with van der Waals surface area (Å²) in [5, 5.41) is 14.6. The zero-order valence-electron chi connectivity index (χ0n) is 21.4. The van der Waals surface area contributed by atoms with E-state index in [0.717, 1.165) is 22.0 Å². The third-order valence-corrected chi connectivity index (χ3v) is 6.23. The summed E-state index contributed by atoms with van der Waals surface area (Å²) in [6.45, 7) is 0.696. The van der Waals surface area contributed by atoms with E-state index in [1.54, 1.807) is 6.07 Å². The van der Waals surface area contributed by atoms with Crippen molar-refractivity contribution in [2.75, 3.05) is 46.2 Å². The average Bonchev–Trinajstić information content (AvgIpc) is 2.88. The summed E-state index contributed by atoms with van der Waals surface area (Å²) in [5.74, 6) is 4.26. The Morgan fingerprint density at radius 3 is 2.51 bits per heavy atom. The summed E-state index contributed by atoms with van der Waals surface area (Å²) in [7, 11) is 7.77. The van der Waals surface area contributed by atoms with Crippen molar-refractivity contribution in [3.05, 3.63) is 71.1 Å². The maximum Gasteiger partial charge on any atom is 0.336 e. The number of carboxylic acid groups (broad SMARTS) is 1. The maximum absolute atomic E-state index is 12.9. The lowest BCUT2D eigenvalue weighted by molar-refractivity contribution is 0.0697. The minimum absolute atomic E-state index is 0.0928. The molecule has 0 atom stereocenters. The van der Waals surface area contributed by atoms with Crippen LogP contribution in [0.5, 0.6) is 0 Å². The van der Waals surface area contributed by atoms with Gasteiger partial charge in [-0.1, -0.05) is 0 Å². The molecule has 9 heteroatoms. The van der Waals surface area contributed by atoms with Gasteiger partial charge in [0.05, 0.1) is 18.2 Å². The molecule has 1 aliphatic carbocycles. The molecule has 0 saturated carbocycles. The second-order valence-corrected chi connectivity index (χ2v) is 9.17. The molecule has 2 aromatic rings. The number of aromatic carboxylic acids is 1. The molecule has 0 fully saturated rings. The van der Waals surface area contributed by atoms with Crippen molar-refractivity contribution in [3.63, 3.8) is 0 Å². The Hall–Kier alpha value is -4.21. The zero-order valence-corrected chi connectivity index (χ0v) is 21.4.